The Bertz CT molecular complexity index is 1780. The number of benzene rings is 4. The Morgan fingerprint density at radius 3 is 1.35 bits per heavy atom. The zero-order chi connectivity index (χ0) is 34.6. The van der Waals surface area contributed by atoms with Gasteiger partial charge in [-0.15, -0.1) is 24.0 Å². The van der Waals surface area contributed by atoms with Crippen LogP contribution in [0, 0.1) is 0 Å². The normalized spacial score (nSPS) is 9.65. The van der Waals surface area contributed by atoms with Gasteiger partial charge in [0, 0.05) is 59.3 Å². The average molecular weight is 762 g/mol. The van der Waals surface area contributed by atoms with E-state index >= 15 is 0 Å². The van der Waals surface area contributed by atoms with Crippen molar-refractivity contribution >= 4 is 57.5 Å². The summed E-state index contributed by atoms with van der Waals surface area (Å²) in [4.78, 5) is 23.6. The number of hydrogen-bond donors (Lipinski definition) is 2. The summed E-state index contributed by atoms with van der Waals surface area (Å²) in [6.45, 7) is 14.2. The summed E-state index contributed by atoms with van der Waals surface area (Å²) < 4.78 is 4.15. The number of aromatic carboxylic acids is 1. The van der Waals surface area contributed by atoms with Gasteiger partial charge in [-0.05, 0) is 36.2 Å². The lowest BCUT2D eigenvalue weighted by molar-refractivity contribution is 0.0698. The molecule has 0 atom stereocenters. The summed E-state index contributed by atoms with van der Waals surface area (Å²) >= 11 is 0. The minimum absolute atomic E-state index is 0. The van der Waals surface area contributed by atoms with Crippen LogP contribution in [0.15, 0.2) is 122 Å². The molecule has 2 heterocycles. The monoisotopic (exact) mass is 761 g/mol. The van der Waals surface area contributed by atoms with Gasteiger partial charge in [-0.2, -0.15) is 0 Å². The highest BCUT2D eigenvalue weighted by molar-refractivity contribution is 14.0. The number of nitrogens with zero attached hydrogens (tertiary/aromatic N) is 2. The third-order valence-electron chi connectivity index (χ3n) is 6.98. The minimum atomic E-state index is -0.886. The van der Waals surface area contributed by atoms with Crippen molar-refractivity contribution in [2.45, 2.75) is 67.5 Å². The first-order valence-electron chi connectivity index (χ1n) is 16.7. The van der Waals surface area contributed by atoms with E-state index < -0.39 is 5.97 Å². The second kappa shape index (κ2) is 23.2. The molecule has 48 heavy (non-hydrogen) atoms. The van der Waals surface area contributed by atoms with Gasteiger partial charge < -0.3 is 20.0 Å². The third-order valence-corrected chi connectivity index (χ3v) is 6.98. The number of carbonyl (C=O) groups excluding carboxylic acids is 1. The Balaban J connectivity index is 0.000000399. The van der Waals surface area contributed by atoms with Crippen LogP contribution in [0.25, 0.3) is 21.8 Å². The number of ketones is 1. The number of hydrogen-bond acceptors (Lipinski definition) is 3. The average Bonchev–Trinajstić information content (AvgIpc) is 3.67. The zero-order valence-corrected chi connectivity index (χ0v) is 31.6. The lowest BCUT2D eigenvalue weighted by Gasteiger charge is -2.05. The van der Waals surface area contributed by atoms with Crippen molar-refractivity contribution in [3.8, 4) is 0 Å². The lowest BCUT2D eigenvalue weighted by atomic mass is 10.1. The van der Waals surface area contributed by atoms with Gasteiger partial charge in [0.25, 0.3) is 0 Å². The van der Waals surface area contributed by atoms with Crippen LogP contribution in [-0.2, 0) is 13.1 Å². The van der Waals surface area contributed by atoms with E-state index in [0.717, 1.165) is 52.4 Å². The molecular weight excluding hydrogens is 709 g/mol. The summed E-state index contributed by atoms with van der Waals surface area (Å²) in [5.74, 6) is -0.650. The fourth-order valence-corrected chi connectivity index (χ4v) is 5.07. The molecule has 6 rings (SSSR count). The largest absolute Gasteiger partial charge is 0.478 e. The number of fused-ring (bicyclic) bond motifs is 2. The van der Waals surface area contributed by atoms with E-state index in [1.165, 1.54) is 5.56 Å². The van der Waals surface area contributed by atoms with Crippen LogP contribution in [0.4, 0.5) is 0 Å². The van der Waals surface area contributed by atoms with Gasteiger partial charge in [0.05, 0.1) is 5.56 Å². The van der Waals surface area contributed by atoms with Crippen LogP contribution in [0.1, 0.15) is 86.2 Å². The standard InChI is InChI=1S/C19H19NO.C16H13NO2.C2H7N.2C2H6.HI/c1-2-8-19(21)17-14-20(13-15-9-4-3-5-10-15)18-12-7-6-11-16(17)18;18-16(19)14-11-17(10-12-6-2-1-3-7-12)15-9-5-4-8-13(14)15;1-2-3;2*1-2;/h3-7,9-12,14H,2,8,13H2,1H3;1-9,11H,10H2,(H,18,19);2-3H2,1H3;2*1-2H3;1H. The Kier molecular flexibility index (Phi) is 20.2. The fourth-order valence-electron chi connectivity index (χ4n) is 5.07. The van der Waals surface area contributed by atoms with E-state index in [9.17, 15) is 14.7 Å². The molecule has 0 aliphatic carbocycles. The second-order valence-electron chi connectivity index (χ2n) is 10.2. The fraction of sp³-hybridized carbons (Fsp3) is 0.268. The summed E-state index contributed by atoms with van der Waals surface area (Å²) in [6, 6.07) is 36.1. The van der Waals surface area contributed by atoms with Crippen molar-refractivity contribution in [2.75, 3.05) is 6.54 Å². The minimum Gasteiger partial charge on any atom is -0.478 e. The van der Waals surface area contributed by atoms with Crippen molar-refractivity contribution in [2.24, 2.45) is 5.73 Å². The maximum absolute atomic E-state index is 12.3. The van der Waals surface area contributed by atoms with Gasteiger partial charge >= 0.3 is 5.97 Å². The molecule has 0 aliphatic rings. The molecule has 0 spiro atoms. The van der Waals surface area contributed by atoms with Gasteiger partial charge in [0.15, 0.2) is 5.78 Å². The summed E-state index contributed by atoms with van der Waals surface area (Å²) in [7, 11) is 0. The van der Waals surface area contributed by atoms with Crippen molar-refractivity contribution < 1.29 is 14.7 Å². The van der Waals surface area contributed by atoms with E-state index in [1.807, 2.05) is 143 Å². The van der Waals surface area contributed by atoms with E-state index in [1.54, 1.807) is 6.20 Å². The molecule has 4 aromatic carbocycles. The van der Waals surface area contributed by atoms with Gasteiger partial charge in [-0.25, -0.2) is 4.79 Å². The van der Waals surface area contributed by atoms with Gasteiger partial charge in [-0.3, -0.25) is 4.79 Å². The number of carboxylic acids is 1. The number of nitrogens with two attached hydrogens (primary N) is 1. The molecule has 0 saturated carbocycles. The second-order valence-corrected chi connectivity index (χ2v) is 10.2. The molecule has 6 aromatic rings. The quantitative estimate of drug-likeness (QED) is 0.119. The Morgan fingerprint density at radius 2 is 0.958 bits per heavy atom. The zero-order valence-electron chi connectivity index (χ0n) is 29.2. The lowest BCUT2D eigenvalue weighted by Crippen LogP contribution is -1.99. The molecule has 0 saturated heterocycles. The Hall–Kier alpha value is -4.21. The van der Waals surface area contributed by atoms with Crippen molar-refractivity contribution in [3.05, 3.63) is 144 Å². The number of carbonyl (C=O) groups is 2. The number of Topliss-reactive ketones (excluding diaryl/α,β-unsaturated/α-hetero) is 1. The third kappa shape index (κ3) is 11.8. The molecule has 256 valence electrons. The molecule has 0 unspecified atom stereocenters. The molecule has 0 amide bonds. The summed E-state index contributed by atoms with van der Waals surface area (Å²) in [6.07, 6.45) is 5.21. The van der Waals surface area contributed by atoms with Crippen LogP contribution < -0.4 is 5.73 Å². The van der Waals surface area contributed by atoms with Crippen molar-refractivity contribution in [1.82, 2.24) is 9.13 Å². The van der Waals surface area contributed by atoms with Crippen molar-refractivity contribution in [3.63, 3.8) is 0 Å². The van der Waals surface area contributed by atoms with E-state index in [-0.39, 0.29) is 29.8 Å². The topological polar surface area (TPSA) is 90.2 Å². The highest BCUT2D eigenvalue weighted by atomic mass is 127. The molecule has 0 radical (unpaired) electrons. The number of halogens is 1. The Labute approximate surface area is 303 Å². The summed E-state index contributed by atoms with van der Waals surface area (Å²) in [5.41, 5.74) is 10.5. The van der Waals surface area contributed by atoms with Crippen LogP contribution in [0.5, 0.6) is 0 Å². The predicted octanol–water partition coefficient (Wildman–Crippen LogP) is 10.7. The van der Waals surface area contributed by atoms with E-state index in [4.69, 9.17) is 5.73 Å². The molecule has 3 N–H and O–H groups in total. The highest BCUT2D eigenvalue weighted by Crippen LogP contribution is 2.24. The first-order valence-corrected chi connectivity index (χ1v) is 16.7. The molecule has 0 fully saturated rings. The molecular formula is C41H52IN3O3. The SMILES string of the molecule is CC.CC.CCCC(=O)c1cn(Cc2ccccc2)c2ccccc12.CCN.I.O=C(O)c1cn(Cc2ccccc2)c2ccccc12. The Morgan fingerprint density at radius 1 is 0.604 bits per heavy atom. The molecule has 6 nitrogen and oxygen atoms in total. The predicted molar refractivity (Wildman–Crippen MR) is 214 cm³/mol. The molecule has 2 aromatic heterocycles. The van der Waals surface area contributed by atoms with E-state index in [2.05, 4.69) is 22.8 Å². The number of carboxylic acid groups (broad SMARTS) is 1. The van der Waals surface area contributed by atoms with Crippen LogP contribution in [-0.4, -0.2) is 32.5 Å². The number of aromatic nitrogens is 2. The van der Waals surface area contributed by atoms with Gasteiger partial charge in [0.1, 0.15) is 0 Å². The van der Waals surface area contributed by atoms with Crippen LogP contribution >= 0.6 is 24.0 Å². The maximum atomic E-state index is 12.3. The van der Waals surface area contributed by atoms with Crippen molar-refractivity contribution in [1.29, 1.82) is 0 Å². The number of para-hydroxylation sites is 2. The van der Waals surface area contributed by atoms with Gasteiger partial charge in [-0.1, -0.05) is 139 Å². The highest BCUT2D eigenvalue weighted by Gasteiger charge is 2.15. The molecule has 0 aliphatic heterocycles. The van der Waals surface area contributed by atoms with Crippen LogP contribution in [0.2, 0.25) is 0 Å². The first-order chi connectivity index (χ1) is 23.0. The van der Waals surface area contributed by atoms with Gasteiger partial charge in [0.2, 0.25) is 0 Å². The summed E-state index contributed by atoms with van der Waals surface area (Å²) in [5, 5.41) is 11.1. The first kappa shape index (κ1) is 41.8. The van der Waals surface area contributed by atoms with Crippen LogP contribution in [0.3, 0.4) is 0 Å². The number of rotatable bonds is 8. The molecule has 7 heteroatoms. The smallest absolute Gasteiger partial charge is 0.337 e. The van der Waals surface area contributed by atoms with E-state index in [0.29, 0.717) is 18.5 Å². The maximum Gasteiger partial charge on any atom is 0.337 e. The molecule has 0 bridgehead atoms.